The van der Waals surface area contributed by atoms with Gasteiger partial charge in [-0.25, -0.2) is 4.98 Å². The van der Waals surface area contributed by atoms with E-state index in [4.69, 9.17) is 0 Å². The summed E-state index contributed by atoms with van der Waals surface area (Å²) < 4.78 is 0. The zero-order chi connectivity index (χ0) is 15.8. The van der Waals surface area contributed by atoms with Crippen LogP contribution >= 0.6 is 0 Å². The number of aryl methyl sites for hydroxylation is 1. The van der Waals surface area contributed by atoms with E-state index in [1.165, 1.54) is 11.1 Å². The molecule has 0 saturated carbocycles. The first-order valence-corrected chi connectivity index (χ1v) is 7.97. The number of H-pyrrole nitrogens is 1. The van der Waals surface area contributed by atoms with Crippen LogP contribution in [0.25, 0.3) is 11.0 Å². The Morgan fingerprint density at radius 3 is 3.04 bits per heavy atom. The predicted molar refractivity (Wildman–Crippen MR) is 88.1 cm³/mol. The summed E-state index contributed by atoms with van der Waals surface area (Å²) in [6, 6.07) is 12.3. The smallest absolute Gasteiger partial charge is 0.273 e. The van der Waals surface area contributed by atoms with Gasteiger partial charge in [0.05, 0.1) is 11.4 Å². The van der Waals surface area contributed by atoms with Gasteiger partial charge in [0, 0.05) is 12.7 Å². The second-order valence-electron chi connectivity index (χ2n) is 5.82. The van der Waals surface area contributed by atoms with E-state index in [2.05, 4.69) is 33.4 Å². The lowest BCUT2D eigenvalue weighted by atomic mass is 10.1. The van der Waals surface area contributed by atoms with E-state index >= 15 is 0 Å². The maximum Gasteiger partial charge on any atom is 0.273 e. The molecule has 0 aliphatic heterocycles. The van der Waals surface area contributed by atoms with Crippen LogP contribution in [0.3, 0.4) is 0 Å². The zero-order valence-corrected chi connectivity index (χ0v) is 13.0. The molecule has 2 heterocycles. The van der Waals surface area contributed by atoms with E-state index in [0.29, 0.717) is 17.9 Å². The molecule has 4 rings (SSSR count). The summed E-state index contributed by atoms with van der Waals surface area (Å²) in [7, 11) is 0. The first kappa shape index (κ1) is 13.9. The number of carbonyl (C=O) groups is 1. The summed E-state index contributed by atoms with van der Waals surface area (Å²) in [5.74, 6) is -0.00953. The fourth-order valence-electron chi connectivity index (χ4n) is 3.52. The normalized spacial score (nSPS) is 16.5. The van der Waals surface area contributed by atoms with Gasteiger partial charge in [-0.15, -0.1) is 0 Å². The summed E-state index contributed by atoms with van der Waals surface area (Å²) in [4.78, 5) is 19.2. The third kappa shape index (κ3) is 2.20. The van der Waals surface area contributed by atoms with Crippen molar-refractivity contribution in [1.82, 2.24) is 20.1 Å². The van der Waals surface area contributed by atoms with Crippen LogP contribution in [0.2, 0.25) is 0 Å². The van der Waals surface area contributed by atoms with Crippen LogP contribution in [-0.2, 0) is 6.42 Å². The molecule has 5 heteroatoms. The largest absolute Gasteiger partial charge is 0.331 e. The Morgan fingerprint density at radius 1 is 1.30 bits per heavy atom. The SMILES string of the molecule is CCN(C(=O)c1[nH]nc2ncccc12)C1CCc2ccccc21. The number of pyridine rings is 1. The van der Waals surface area contributed by atoms with Gasteiger partial charge in [-0.3, -0.25) is 9.89 Å². The number of nitrogens with one attached hydrogen (secondary N) is 1. The third-order valence-corrected chi connectivity index (χ3v) is 4.62. The number of hydrogen-bond acceptors (Lipinski definition) is 3. The Labute approximate surface area is 134 Å². The first-order chi connectivity index (χ1) is 11.3. The molecule has 1 aromatic carbocycles. The number of rotatable bonds is 3. The van der Waals surface area contributed by atoms with Gasteiger partial charge in [0.2, 0.25) is 0 Å². The van der Waals surface area contributed by atoms with Crippen molar-refractivity contribution in [3.05, 3.63) is 59.4 Å². The Hall–Kier alpha value is -2.69. The van der Waals surface area contributed by atoms with Crippen LogP contribution in [-0.4, -0.2) is 32.5 Å². The fraction of sp³-hybridized carbons (Fsp3) is 0.278. The van der Waals surface area contributed by atoms with Gasteiger partial charge in [0.1, 0.15) is 5.69 Å². The van der Waals surface area contributed by atoms with Crippen molar-refractivity contribution in [1.29, 1.82) is 0 Å². The van der Waals surface area contributed by atoms with Gasteiger partial charge in [0.15, 0.2) is 5.65 Å². The van der Waals surface area contributed by atoms with Gasteiger partial charge in [-0.2, -0.15) is 5.10 Å². The van der Waals surface area contributed by atoms with Crippen LogP contribution < -0.4 is 0 Å². The molecule has 1 unspecified atom stereocenters. The Morgan fingerprint density at radius 2 is 2.17 bits per heavy atom. The monoisotopic (exact) mass is 306 g/mol. The number of aromatic amines is 1. The highest BCUT2D eigenvalue weighted by Crippen LogP contribution is 2.36. The van der Waals surface area contributed by atoms with Gasteiger partial charge >= 0.3 is 0 Å². The summed E-state index contributed by atoms with van der Waals surface area (Å²) in [5.41, 5.74) is 3.72. The van der Waals surface area contributed by atoms with E-state index in [0.717, 1.165) is 18.2 Å². The number of aromatic nitrogens is 3. The minimum absolute atomic E-state index is 0.00953. The Balaban J connectivity index is 1.72. The molecule has 1 aliphatic carbocycles. The van der Waals surface area contributed by atoms with Crippen molar-refractivity contribution >= 4 is 16.9 Å². The lowest BCUT2D eigenvalue weighted by Crippen LogP contribution is -2.34. The average molecular weight is 306 g/mol. The molecular weight excluding hydrogens is 288 g/mol. The Bertz CT molecular complexity index is 870. The molecule has 1 atom stereocenters. The van der Waals surface area contributed by atoms with E-state index in [1.54, 1.807) is 6.20 Å². The van der Waals surface area contributed by atoms with Crippen molar-refractivity contribution in [3.8, 4) is 0 Å². The minimum Gasteiger partial charge on any atom is -0.331 e. The van der Waals surface area contributed by atoms with E-state index in [-0.39, 0.29) is 11.9 Å². The van der Waals surface area contributed by atoms with Crippen LogP contribution in [0.4, 0.5) is 0 Å². The highest BCUT2D eigenvalue weighted by Gasteiger charge is 2.31. The molecule has 2 aromatic heterocycles. The lowest BCUT2D eigenvalue weighted by Gasteiger charge is -2.28. The van der Waals surface area contributed by atoms with Gasteiger partial charge in [0.25, 0.3) is 5.91 Å². The summed E-state index contributed by atoms with van der Waals surface area (Å²) in [6.07, 6.45) is 3.68. The number of nitrogens with zero attached hydrogens (tertiary/aromatic N) is 3. The third-order valence-electron chi connectivity index (χ3n) is 4.62. The number of benzene rings is 1. The topological polar surface area (TPSA) is 61.9 Å². The lowest BCUT2D eigenvalue weighted by molar-refractivity contribution is 0.0684. The molecule has 0 saturated heterocycles. The van der Waals surface area contributed by atoms with Crippen molar-refractivity contribution < 1.29 is 4.79 Å². The van der Waals surface area contributed by atoms with Crippen molar-refractivity contribution in [2.45, 2.75) is 25.8 Å². The first-order valence-electron chi connectivity index (χ1n) is 7.97. The van der Waals surface area contributed by atoms with Crippen LogP contribution in [0.1, 0.15) is 41.0 Å². The molecule has 3 aromatic rings. The van der Waals surface area contributed by atoms with Gasteiger partial charge in [-0.05, 0) is 43.0 Å². The summed E-state index contributed by atoms with van der Waals surface area (Å²) in [6.45, 7) is 2.69. The molecule has 1 aliphatic rings. The summed E-state index contributed by atoms with van der Waals surface area (Å²) in [5, 5.41) is 7.80. The molecule has 5 nitrogen and oxygen atoms in total. The summed E-state index contributed by atoms with van der Waals surface area (Å²) >= 11 is 0. The molecular formula is C18H18N4O. The maximum absolute atomic E-state index is 13.1. The van der Waals surface area contributed by atoms with Crippen LogP contribution in [0, 0.1) is 0 Å². The van der Waals surface area contributed by atoms with E-state index in [9.17, 15) is 4.79 Å². The Kier molecular flexibility index (Phi) is 3.33. The molecule has 0 radical (unpaired) electrons. The quantitative estimate of drug-likeness (QED) is 0.808. The van der Waals surface area contributed by atoms with Crippen molar-refractivity contribution in [2.75, 3.05) is 6.54 Å². The molecule has 1 amide bonds. The average Bonchev–Trinajstić information content (AvgIpc) is 3.20. The molecule has 116 valence electrons. The molecule has 0 spiro atoms. The zero-order valence-electron chi connectivity index (χ0n) is 13.0. The van der Waals surface area contributed by atoms with Crippen molar-refractivity contribution in [2.24, 2.45) is 0 Å². The van der Waals surface area contributed by atoms with Crippen molar-refractivity contribution in [3.63, 3.8) is 0 Å². The number of fused-ring (bicyclic) bond motifs is 2. The molecule has 23 heavy (non-hydrogen) atoms. The standard InChI is InChI=1S/C18H18N4O/c1-2-22(15-10-9-12-6-3-4-7-13(12)15)18(23)16-14-8-5-11-19-17(14)21-20-16/h3-8,11,15H,2,9-10H2,1H3,(H,19,20,21). The molecule has 0 bridgehead atoms. The predicted octanol–water partition coefficient (Wildman–Crippen LogP) is 3.11. The maximum atomic E-state index is 13.1. The fourth-order valence-corrected chi connectivity index (χ4v) is 3.52. The molecule has 1 N–H and O–H groups in total. The van der Waals surface area contributed by atoms with Gasteiger partial charge < -0.3 is 4.90 Å². The highest BCUT2D eigenvalue weighted by atomic mass is 16.2. The van der Waals surface area contributed by atoms with Gasteiger partial charge in [-0.1, -0.05) is 24.3 Å². The number of hydrogen-bond donors (Lipinski definition) is 1. The second kappa shape index (κ2) is 5.50. The number of carbonyl (C=O) groups excluding carboxylic acids is 1. The van der Waals surface area contributed by atoms with Crippen LogP contribution in [0.15, 0.2) is 42.6 Å². The van der Waals surface area contributed by atoms with E-state index in [1.807, 2.05) is 30.0 Å². The highest BCUT2D eigenvalue weighted by molar-refractivity contribution is 6.03. The molecule has 0 fully saturated rings. The van der Waals surface area contributed by atoms with Crippen LogP contribution in [0.5, 0.6) is 0 Å². The second-order valence-corrected chi connectivity index (χ2v) is 5.82. The number of amides is 1. The minimum atomic E-state index is -0.00953. The van der Waals surface area contributed by atoms with E-state index < -0.39 is 0 Å².